The lowest BCUT2D eigenvalue weighted by Crippen LogP contribution is -2.39. The number of hydrogen-bond donors (Lipinski definition) is 2. The maximum atomic E-state index is 11.6. The number of urea groups is 1. The van der Waals surface area contributed by atoms with E-state index in [4.69, 9.17) is 0 Å². The first-order valence-electron chi connectivity index (χ1n) is 5.67. The van der Waals surface area contributed by atoms with Crippen LogP contribution in [0.2, 0.25) is 0 Å². The molecule has 86 valence electrons. The molecular weight excluding hydrogens is 204 g/mol. The van der Waals surface area contributed by atoms with Gasteiger partial charge in [-0.05, 0) is 12.8 Å². The maximum absolute atomic E-state index is 11.6. The number of aromatic nitrogens is 2. The van der Waals surface area contributed by atoms with Crippen molar-refractivity contribution in [3.8, 4) is 0 Å². The summed E-state index contributed by atoms with van der Waals surface area (Å²) in [5.41, 5.74) is 0.621. The van der Waals surface area contributed by atoms with Crippen molar-refractivity contribution in [1.29, 1.82) is 0 Å². The minimum absolute atomic E-state index is 0.165. The Bertz CT molecular complexity index is 335. The molecule has 16 heavy (non-hydrogen) atoms. The Morgan fingerprint density at radius 2 is 1.88 bits per heavy atom. The van der Waals surface area contributed by atoms with Crippen molar-refractivity contribution >= 4 is 11.7 Å². The predicted octanol–water partition coefficient (Wildman–Crippen LogP) is 1.93. The van der Waals surface area contributed by atoms with Gasteiger partial charge in [0.15, 0.2) is 0 Å². The predicted molar refractivity (Wildman–Crippen MR) is 61.1 cm³/mol. The summed E-state index contributed by atoms with van der Waals surface area (Å²) in [6.07, 6.45) is 10.5. The van der Waals surface area contributed by atoms with Gasteiger partial charge >= 0.3 is 6.03 Å². The molecule has 0 spiro atoms. The van der Waals surface area contributed by atoms with Gasteiger partial charge in [-0.25, -0.2) is 14.8 Å². The third-order valence-corrected chi connectivity index (χ3v) is 2.76. The summed E-state index contributed by atoms with van der Waals surface area (Å²) in [6.45, 7) is 0. The normalized spacial score (nSPS) is 16.8. The fraction of sp³-hybridized carbons (Fsp3) is 0.545. The van der Waals surface area contributed by atoms with E-state index < -0.39 is 0 Å². The van der Waals surface area contributed by atoms with Gasteiger partial charge < -0.3 is 10.6 Å². The van der Waals surface area contributed by atoms with Crippen LogP contribution in [0.5, 0.6) is 0 Å². The van der Waals surface area contributed by atoms with Crippen molar-refractivity contribution in [2.75, 3.05) is 5.32 Å². The van der Waals surface area contributed by atoms with E-state index in [1.54, 1.807) is 12.4 Å². The van der Waals surface area contributed by atoms with Gasteiger partial charge in [-0.2, -0.15) is 0 Å². The first kappa shape index (κ1) is 10.9. The highest BCUT2D eigenvalue weighted by Gasteiger charge is 2.15. The van der Waals surface area contributed by atoms with E-state index in [9.17, 15) is 4.79 Å². The van der Waals surface area contributed by atoms with Crippen LogP contribution in [0.4, 0.5) is 10.5 Å². The molecule has 1 aliphatic rings. The molecule has 0 aromatic carbocycles. The third-order valence-electron chi connectivity index (χ3n) is 2.76. The molecular formula is C11H16N4O. The largest absolute Gasteiger partial charge is 0.335 e. The number of carbonyl (C=O) groups excluding carboxylic acids is 1. The molecule has 2 N–H and O–H groups in total. The topological polar surface area (TPSA) is 66.9 Å². The fourth-order valence-corrected chi connectivity index (χ4v) is 1.96. The van der Waals surface area contributed by atoms with Gasteiger partial charge in [-0.3, -0.25) is 0 Å². The second kappa shape index (κ2) is 5.44. The van der Waals surface area contributed by atoms with Crippen LogP contribution >= 0.6 is 0 Å². The van der Waals surface area contributed by atoms with Gasteiger partial charge in [0, 0.05) is 6.04 Å². The monoisotopic (exact) mass is 220 g/mol. The number of nitrogens with zero attached hydrogens (tertiary/aromatic N) is 2. The molecule has 5 nitrogen and oxygen atoms in total. The van der Waals surface area contributed by atoms with Gasteiger partial charge in [0.2, 0.25) is 0 Å². The molecule has 1 aliphatic carbocycles. The van der Waals surface area contributed by atoms with Crippen LogP contribution in [0.1, 0.15) is 32.1 Å². The summed E-state index contributed by atoms with van der Waals surface area (Å²) in [7, 11) is 0. The molecule has 0 saturated heterocycles. The molecule has 1 heterocycles. The third kappa shape index (κ3) is 3.18. The standard InChI is InChI=1S/C11H16N4O/c16-11(14-9-4-2-1-3-5-9)15-10-6-12-8-13-7-10/h6-9H,1-5H2,(H2,14,15,16). The van der Waals surface area contributed by atoms with Crippen molar-refractivity contribution in [2.45, 2.75) is 38.1 Å². The van der Waals surface area contributed by atoms with Crippen molar-refractivity contribution in [1.82, 2.24) is 15.3 Å². The molecule has 2 amide bonds. The lowest BCUT2D eigenvalue weighted by atomic mass is 9.96. The van der Waals surface area contributed by atoms with Crippen LogP contribution in [0, 0.1) is 0 Å². The van der Waals surface area contributed by atoms with E-state index >= 15 is 0 Å². The highest BCUT2D eigenvalue weighted by Crippen LogP contribution is 2.17. The Morgan fingerprint density at radius 1 is 1.19 bits per heavy atom. The van der Waals surface area contributed by atoms with E-state index in [1.807, 2.05) is 0 Å². The molecule has 0 radical (unpaired) electrons. The summed E-state index contributed by atoms with van der Waals surface area (Å²) in [5.74, 6) is 0. The lowest BCUT2D eigenvalue weighted by molar-refractivity contribution is 0.244. The summed E-state index contributed by atoms with van der Waals surface area (Å²) < 4.78 is 0. The zero-order chi connectivity index (χ0) is 11.2. The van der Waals surface area contributed by atoms with Crippen LogP contribution in [0.25, 0.3) is 0 Å². The first-order chi connectivity index (χ1) is 7.84. The second-order valence-electron chi connectivity index (χ2n) is 4.06. The molecule has 0 atom stereocenters. The number of rotatable bonds is 2. The van der Waals surface area contributed by atoms with E-state index in [2.05, 4.69) is 20.6 Å². The highest BCUT2D eigenvalue weighted by atomic mass is 16.2. The van der Waals surface area contributed by atoms with Gasteiger partial charge in [0.05, 0.1) is 18.1 Å². The summed E-state index contributed by atoms with van der Waals surface area (Å²) in [6, 6.07) is 0.153. The Labute approximate surface area is 94.7 Å². The lowest BCUT2D eigenvalue weighted by Gasteiger charge is -2.22. The van der Waals surface area contributed by atoms with Gasteiger partial charge in [-0.15, -0.1) is 0 Å². The van der Waals surface area contributed by atoms with Gasteiger partial charge in [-0.1, -0.05) is 19.3 Å². The molecule has 1 saturated carbocycles. The molecule has 0 aliphatic heterocycles. The summed E-state index contributed by atoms with van der Waals surface area (Å²) in [4.78, 5) is 19.3. The number of hydrogen-bond acceptors (Lipinski definition) is 3. The van der Waals surface area contributed by atoms with E-state index in [0.29, 0.717) is 11.7 Å². The van der Waals surface area contributed by atoms with E-state index in [1.165, 1.54) is 25.6 Å². The van der Waals surface area contributed by atoms with Crippen molar-refractivity contribution in [2.24, 2.45) is 0 Å². The zero-order valence-corrected chi connectivity index (χ0v) is 9.15. The SMILES string of the molecule is O=C(Nc1cncnc1)NC1CCCCC1. The summed E-state index contributed by atoms with van der Waals surface area (Å²) in [5, 5.41) is 5.68. The van der Waals surface area contributed by atoms with Crippen LogP contribution in [-0.2, 0) is 0 Å². The van der Waals surface area contributed by atoms with Crippen molar-refractivity contribution in [3.05, 3.63) is 18.7 Å². The van der Waals surface area contributed by atoms with Crippen molar-refractivity contribution < 1.29 is 4.79 Å². The quantitative estimate of drug-likeness (QED) is 0.800. The summed E-state index contributed by atoms with van der Waals surface area (Å²) >= 11 is 0. The Morgan fingerprint density at radius 3 is 2.56 bits per heavy atom. The Kier molecular flexibility index (Phi) is 3.69. The molecule has 0 unspecified atom stereocenters. The fourth-order valence-electron chi connectivity index (χ4n) is 1.96. The molecule has 1 fully saturated rings. The highest BCUT2D eigenvalue weighted by molar-refractivity contribution is 5.88. The average molecular weight is 220 g/mol. The van der Waals surface area contributed by atoms with Gasteiger partial charge in [0.25, 0.3) is 0 Å². The molecule has 1 aromatic rings. The Balaban J connectivity index is 1.80. The number of nitrogens with one attached hydrogen (secondary N) is 2. The molecule has 2 rings (SSSR count). The molecule has 1 aromatic heterocycles. The number of carbonyl (C=O) groups is 1. The number of anilines is 1. The Hall–Kier alpha value is -1.65. The minimum Gasteiger partial charge on any atom is -0.335 e. The van der Waals surface area contributed by atoms with Crippen LogP contribution in [-0.4, -0.2) is 22.0 Å². The van der Waals surface area contributed by atoms with Crippen LogP contribution in [0.15, 0.2) is 18.7 Å². The average Bonchev–Trinajstić information content (AvgIpc) is 2.31. The second-order valence-corrected chi connectivity index (χ2v) is 4.06. The minimum atomic E-state index is -0.165. The maximum Gasteiger partial charge on any atom is 0.319 e. The van der Waals surface area contributed by atoms with Crippen LogP contribution < -0.4 is 10.6 Å². The van der Waals surface area contributed by atoms with E-state index in [-0.39, 0.29) is 6.03 Å². The number of amides is 2. The smallest absolute Gasteiger partial charge is 0.319 e. The molecule has 5 heteroatoms. The zero-order valence-electron chi connectivity index (χ0n) is 9.15. The van der Waals surface area contributed by atoms with Gasteiger partial charge in [0.1, 0.15) is 6.33 Å². The molecule has 0 bridgehead atoms. The first-order valence-corrected chi connectivity index (χ1v) is 5.67. The van der Waals surface area contributed by atoms with Crippen LogP contribution in [0.3, 0.4) is 0 Å². The van der Waals surface area contributed by atoms with E-state index in [0.717, 1.165) is 12.8 Å². The van der Waals surface area contributed by atoms with Crippen molar-refractivity contribution in [3.63, 3.8) is 0 Å².